The molecule has 0 bridgehead atoms. The normalized spacial score (nSPS) is 7.29. The van der Waals surface area contributed by atoms with Gasteiger partial charge in [0.15, 0.2) is 0 Å². The molecule has 38 valence electrons. The van der Waals surface area contributed by atoms with Crippen LogP contribution in [0.1, 0.15) is 12.8 Å². The Morgan fingerprint density at radius 1 is 1.86 bits per heavy atom. The molecule has 0 amide bonds. The van der Waals surface area contributed by atoms with Gasteiger partial charge in [0, 0.05) is 0 Å². The number of aliphatic hydroxyl groups excluding tert-OH is 1. The number of rotatable bonds is 2. The average Bonchev–Trinajstić information content (AvgIpc) is 1.61. The summed E-state index contributed by atoms with van der Waals surface area (Å²) in [5.41, 5.74) is 0. The van der Waals surface area contributed by atoms with Crippen molar-refractivity contribution in [2.75, 3.05) is 0 Å². The first-order valence-corrected chi connectivity index (χ1v) is 2.71. The minimum absolute atomic E-state index is 0.210. The van der Waals surface area contributed by atoms with Crippen LogP contribution < -0.4 is 0 Å². The van der Waals surface area contributed by atoms with Crippen LogP contribution in [0.15, 0.2) is 0 Å². The third-order valence-corrected chi connectivity index (χ3v) is 0.879. The fourth-order valence-electron chi connectivity index (χ4n) is 0.163. The van der Waals surface area contributed by atoms with E-state index in [1.54, 1.807) is 0 Å². The molecule has 0 saturated heterocycles. The first-order valence-electron chi connectivity index (χ1n) is 1.86. The first kappa shape index (κ1) is 6.68. The third kappa shape index (κ3) is 5.68. The number of hydrogen-bond donors (Lipinski definition) is 1. The molecule has 0 aliphatic carbocycles. The first-order chi connectivity index (χ1) is 3.27. The monoisotopic (exact) mass is 163 g/mol. The summed E-state index contributed by atoms with van der Waals surface area (Å²) >= 11 is 2.40. The second-order valence-corrected chi connectivity index (χ2v) is 2.04. The van der Waals surface area contributed by atoms with E-state index in [0.29, 0.717) is 12.8 Å². The van der Waals surface area contributed by atoms with Crippen LogP contribution >= 0.6 is 0 Å². The van der Waals surface area contributed by atoms with Crippen LogP contribution in [-0.4, -0.2) is 25.3 Å². The van der Waals surface area contributed by atoms with Crippen LogP contribution in [-0.2, 0) is 0 Å². The Kier molecular flexibility index (Phi) is 3.68. The van der Waals surface area contributed by atoms with Gasteiger partial charge in [-0.3, -0.25) is 0 Å². The SMILES string of the molecule is N#CCCC(O)=[Se]. The number of hydrogen-bond acceptors (Lipinski definition) is 2. The van der Waals surface area contributed by atoms with Crippen LogP contribution in [0.4, 0.5) is 0 Å². The van der Waals surface area contributed by atoms with Gasteiger partial charge in [-0.2, -0.15) is 0 Å². The van der Waals surface area contributed by atoms with Crippen LogP contribution in [0.2, 0.25) is 0 Å². The molecule has 0 aromatic heterocycles. The number of nitrogens with zero attached hydrogens (tertiary/aromatic N) is 1. The summed E-state index contributed by atoms with van der Waals surface area (Å²) in [6.45, 7) is 0. The Hall–Kier alpha value is -0.321. The summed E-state index contributed by atoms with van der Waals surface area (Å²) in [5.74, 6) is 0. The van der Waals surface area contributed by atoms with E-state index < -0.39 is 0 Å². The quantitative estimate of drug-likeness (QED) is 0.579. The maximum atomic E-state index is 8.39. The Balaban J connectivity index is 3.02. The second-order valence-electron chi connectivity index (χ2n) is 1.05. The molecule has 0 atom stereocenters. The molecule has 0 aromatic rings. The van der Waals surface area contributed by atoms with E-state index in [4.69, 9.17) is 10.4 Å². The molecule has 0 aliphatic rings. The number of aliphatic hydroxyl groups is 1. The fraction of sp³-hybridized carbons (Fsp3) is 0.500. The summed E-state index contributed by atoms with van der Waals surface area (Å²) in [5, 5.41) is 16.3. The van der Waals surface area contributed by atoms with Gasteiger partial charge in [0.2, 0.25) is 0 Å². The van der Waals surface area contributed by atoms with Crippen molar-refractivity contribution in [1.29, 1.82) is 5.26 Å². The van der Waals surface area contributed by atoms with E-state index in [9.17, 15) is 0 Å². The standard InChI is InChI=1S/C4H5NOSe/c5-3-1-2-4(6)7/h1-2H2,(H,6,7). The van der Waals surface area contributed by atoms with E-state index in [1.807, 2.05) is 6.07 Å². The Morgan fingerprint density at radius 3 is 2.57 bits per heavy atom. The van der Waals surface area contributed by atoms with E-state index in [0.717, 1.165) is 0 Å². The van der Waals surface area contributed by atoms with E-state index in [-0.39, 0.29) is 4.60 Å². The van der Waals surface area contributed by atoms with Crippen molar-refractivity contribution in [3.63, 3.8) is 0 Å². The third-order valence-electron chi connectivity index (χ3n) is 0.451. The van der Waals surface area contributed by atoms with Gasteiger partial charge in [0.1, 0.15) is 0 Å². The zero-order chi connectivity index (χ0) is 5.70. The van der Waals surface area contributed by atoms with Crippen LogP contribution in [0.25, 0.3) is 0 Å². The van der Waals surface area contributed by atoms with Gasteiger partial charge in [0.05, 0.1) is 0 Å². The molecule has 1 N–H and O–H groups in total. The van der Waals surface area contributed by atoms with Crippen LogP contribution in [0, 0.1) is 11.3 Å². The predicted molar refractivity (Wildman–Crippen MR) is 27.5 cm³/mol. The molecule has 0 radical (unpaired) electrons. The van der Waals surface area contributed by atoms with Crippen molar-refractivity contribution in [2.45, 2.75) is 12.8 Å². The average molecular weight is 162 g/mol. The number of nitriles is 1. The molecule has 0 spiro atoms. The van der Waals surface area contributed by atoms with E-state index >= 15 is 0 Å². The van der Waals surface area contributed by atoms with Gasteiger partial charge < -0.3 is 0 Å². The van der Waals surface area contributed by atoms with Gasteiger partial charge >= 0.3 is 49.5 Å². The molecular weight excluding hydrogens is 157 g/mol. The molecule has 7 heavy (non-hydrogen) atoms. The zero-order valence-electron chi connectivity index (χ0n) is 3.72. The van der Waals surface area contributed by atoms with Gasteiger partial charge in [-0.1, -0.05) is 0 Å². The molecule has 0 saturated carbocycles. The molecule has 0 aliphatic heterocycles. The minimum atomic E-state index is 0.210. The predicted octanol–water partition coefficient (Wildman–Crippen LogP) is -0.0389. The Morgan fingerprint density at radius 2 is 2.43 bits per heavy atom. The molecule has 0 rings (SSSR count). The topological polar surface area (TPSA) is 44.0 Å². The summed E-state index contributed by atoms with van der Waals surface area (Å²) in [7, 11) is 0. The molecule has 2 nitrogen and oxygen atoms in total. The van der Waals surface area contributed by atoms with Crippen molar-refractivity contribution < 1.29 is 5.11 Å². The van der Waals surface area contributed by atoms with Crippen LogP contribution in [0.3, 0.4) is 0 Å². The van der Waals surface area contributed by atoms with Gasteiger partial charge in [-0.05, 0) is 0 Å². The van der Waals surface area contributed by atoms with E-state index in [1.165, 1.54) is 0 Å². The summed E-state index contributed by atoms with van der Waals surface area (Å²) in [4.78, 5) is 0. The van der Waals surface area contributed by atoms with Gasteiger partial charge in [-0.25, -0.2) is 0 Å². The fourth-order valence-corrected chi connectivity index (χ4v) is 0.377. The maximum absolute atomic E-state index is 8.39. The van der Waals surface area contributed by atoms with Crippen molar-refractivity contribution in [2.24, 2.45) is 0 Å². The molecule has 0 aromatic carbocycles. The van der Waals surface area contributed by atoms with Crippen molar-refractivity contribution in [3.8, 4) is 6.07 Å². The summed E-state index contributed by atoms with van der Waals surface area (Å²) < 4.78 is 0.210. The van der Waals surface area contributed by atoms with Gasteiger partial charge in [0.25, 0.3) is 0 Å². The molecule has 3 heteroatoms. The second kappa shape index (κ2) is 3.86. The Bertz CT molecular complexity index is 105. The van der Waals surface area contributed by atoms with Crippen LogP contribution in [0.5, 0.6) is 0 Å². The van der Waals surface area contributed by atoms with E-state index in [2.05, 4.69) is 15.6 Å². The molecule has 0 fully saturated rings. The Labute approximate surface area is 50.1 Å². The summed E-state index contributed by atoms with van der Waals surface area (Å²) in [6, 6.07) is 1.90. The van der Waals surface area contributed by atoms with Crippen molar-refractivity contribution in [3.05, 3.63) is 0 Å². The van der Waals surface area contributed by atoms with Gasteiger partial charge in [-0.15, -0.1) is 0 Å². The molecule has 0 heterocycles. The molecular formula is C4H5NOSe. The summed E-state index contributed by atoms with van der Waals surface area (Å²) in [6.07, 6.45) is 0.843. The van der Waals surface area contributed by atoms with Crippen molar-refractivity contribution in [1.82, 2.24) is 0 Å². The molecule has 0 unspecified atom stereocenters. The van der Waals surface area contributed by atoms with Crippen molar-refractivity contribution >= 4 is 20.2 Å². The zero-order valence-corrected chi connectivity index (χ0v) is 5.43.